The number of ether oxygens (including phenoxy) is 2. The molecule has 3 rings (SSSR count). The van der Waals surface area contributed by atoms with E-state index >= 15 is 0 Å². The Morgan fingerprint density at radius 1 is 1.15 bits per heavy atom. The molecule has 1 atom stereocenters. The van der Waals surface area contributed by atoms with Gasteiger partial charge in [-0.15, -0.1) is 10.2 Å². The SMILES string of the molecule is CCC1CCCCN1C(=O)c1ccc(Nc2ccc(OC)c(OC)c2)nn1. The number of nitrogens with zero attached hydrogens (tertiary/aromatic N) is 3. The summed E-state index contributed by atoms with van der Waals surface area (Å²) in [4.78, 5) is 14.7. The van der Waals surface area contributed by atoms with Crippen LogP contribution in [0, 0.1) is 0 Å². The molecule has 1 unspecified atom stereocenters. The number of hydrogen-bond donors (Lipinski definition) is 1. The minimum absolute atomic E-state index is 0.0354. The van der Waals surface area contributed by atoms with Gasteiger partial charge in [0.2, 0.25) is 0 Å². The molecule has 7 heteroatoms. The topological polar surface area (TPSA) is 76.6 Å². The van der Waals surface area contributed by atoms with Gasteiger partial charge in [-0.2, -0.15) is 0 Å². The molecule has 0 bridgehead atoms. The molecular weight excluding hydrogens is 344 g/mol. The minimum atomic E-state index is -0.0354. The van der Waals surface area contributed by atoms with E-state index in [4.69, 9.17) is 9.47 Å². The van der Waals surface area contributed by atoms with Gasteiger partial charge in [-0.05, 0) is 49.9 Å². The van der Waals surface area contributed by atoms with Gasteiger partial charge in [0.1, 0.15) is 0 Å². The van der Waals surface area contributed by atoms with Gasteiger partial charge < -0.3 is 19.7 Å². The smallest absolute Gasteiger partial charge is 0.274 e. The second kappa shape index (κ2) is 8.70. The summed E-state index contributed by atoms with van der Waals surface area (Å²) >= 11 is 0. The van der Waals surface area contributed by atoms with Crippen LogP contribution in [0.1, 0.15) is 43.1 Å². The Hall–Kier alpha value is -2.83. The molecule has 1 aliphatic rings. The average Bonchev–Trinajstić information content (AvgIpc) is 2.73. The Balaban J connectivity index is 1.71. The van der Waals surface area contributed by atoms with E-state index in [2.05, 4.69) is 22.4 Å². The van der Waals surface area contributed by atoms with Crippen molar-refractivity contribution >= 4 is 17.4 Å². The predicted molar refractivity (Wildman–Crippen MR) is 104 cm³/mol. The molecule has 1 amide bonds. The number of carbonyl (C=O) groups excluding carboxylic acids is 1. The van der Waals surface area contributed by atoms with E-state index in [9.17, 15) is 4.79 Å². The quantitative estimate of drug-likeness (QED) is 0.836. The van der Waals surface area contributed by atoms with E-state index in [0.717, 1.165) is 31.5 Å². The molecule has 7 nitrogen and oxygen atoms in total. The maximum absolute atomic E-state index is 12.8. The summed E-state index contributed by atoms with van der Waals surface area (Å²) in [6.07, 6.45) is 4.27. The molecule has 1 aliphatic heterocycles. The van der Waals surface area contributed by atoms with Gasteiger partial charge in [0, 0.05) is 24.3 Å². The lowest BCUT2D eigenvalue weighted by Gasteiger charge is -2.34. The van der Waals surface area contributed by atoms with Gasteiger partial charge >= 0.3 is 0 Å². The molecule has 1 N–H and O–H groups in total. The second-order valence-corrected chi connectivity index (χ2v) is 6.55. The van der Waals surface area contributed by atoms with Gasteiger partial charge in [-0.3, -0.25) is 4.79 Å². The Bertz CT molecular complexity index is 779. The molecule has 144 valence electrons. The van der Waals surface area contributed by atoms with Crippen LogP contribution in [0.25, 0.3) is 0 Å². The third-order valence-electron chi connectivity index (χ3n) is 4.90. The monoisotopic (exact) mass is 370 g/mol. The van der Waals surface area contributed by atoms with Gasteiger partial charge in [0.15, 0.2) is 23.0 Å². The first-order chi connectivity index (χ1) is 13.2. The maximum Gasteiger partial charge on any atom is 0.274 e. The number of methoxy groups -OCH3 is 2. The van der Waals surface area contributed by atoms with E-state index < -0.39 is 0 Å². The molecule has 0 spiro atoms. The van der Waals surface area contributed by atoms with Crippen LogP contribution in [0.2, 0.25) is 0 Å². The van der Waals surface area contributed by atoms with Crippen molar-refractivity contribution in [2.75, 3.05) is 26.1 Å². The first-order valence-electron chi connectivity index (χ1n) is 9.30. The third-order valence-corrected chi connectivity index (χ3v) is 4.90. The van der Waals surface area contributed by atoms with E-state index in [0.29, 0.717) is 29.1 Å². The molecule has 0 saturated carbocycles. The summed E-state index contributed by atoms with van der Waals surface area (Å²) < 4.78 is 10.5. The van der Waals surface area contributed by atoms with Crippen molar-refractivity contribution in [1.82, 2.24) is 15.1 Å². The average molecular weight is 370 g/mol. The van der Waals surface area contributed by atoms with Crippen molar-refractivity contribution in [2.24, 2.45) is 0 Å². The summed E-state index contributed by atoms with van der Waals surface area (Å²) in [6, 6.07) is 9.29. The molecule has 1 saturated heterocycles. The molecule has 1 aromatic heterocycles. The van der Waals surface area contributed by atoms with Gasteiger partial charge in [-0.1, -0.05) is 6.92 Å². The minimum Gasteiger partial charge on any atom is -0.493 e. The van der Waals surface area contributed by atoms with Gasteiger partial charge in [-0.25, -0.2) is 0 Å². The Morgan fingerprint density at radius 2 is 1.96 bits per heavy atom. The van der Waals surface area contributed by atoms with E-state index in [1.54, 1.807) is 26.4 Å². The first-order valence-corrected chi connectivity index (χ1v) is 9.30. The lowest BCUT2D eigenvalue weighted by Crippen LogP contribution is -2.43. The zero-order chi connectivity index (χ0) is 19.2. The number of benzene rings is 1. The van der Waals surface area contributed by atoms with Crippen molar-refractivity contribution in [3.05, 3.63) is 36.0 Å². The Kier molecular flexibility index (Phi) is 6.11. The van der Waals surface area contributed by atoms with Crippen LogP contribution in [0.15, 0.2) is 30.3 Å². The second-order valence-electron chi connectivity index (χ2n) is 6.55. The predicted octanol–water partition coefficient (Wildman–Crippen LogP) is 3.64. The van der Waals surface area contributed by atoms with Crippen LogP contribution in [-0.4, -0.2) is 47.8 Å². The zero-order valence-corrected chi connectivity index (χ0v) is 16.1. The van der Waals surface area contributed by atoms with Gasteiger partial charge in [0.05, 0.1) is 14.2 Å². The fourth-order valence-electron chi connectivity index (χ4n) is 3.41. The van der Waals surface area contributed by atoms with Crippen molar-refractivity contribution in [3.8, 4) is 11.5 Å². The summed E-state index contributed by atoms with van der Waals surface area (Å²) in [5.41, 5.74) is 1.18. The highest BCUT2D eigenvalue weighted by molar-refractivity contribution is 5.92. The summed E-state index contributed by atoms with van der Waals surface area (Å²) in [6.45, 7) is 2.92. The van der Waals surface area contributed by atoms with E-state index in [1.807, 2.05) is 23.1 Å². The summed E-state index contributed by atoms with van der Waals surface area (Å²) in [5.74, 6) is 1.80. The Labute approximate surface area is 159 Å². The molecule has 0 aliphatic carbocycles. The number of hydrogen-bond acceptors (Lipinski definition) is 6. The van der Waals surface area contributed by atoms with Crippen molar-refractivity contribution in [2.45, 2.75) is 38.6 Å². The molecule has 1 aromatic carbocycles. The molecule has 27 heavy (non-hydrogen) atoms. The maximum atomic E-state index is 12.8. The van der Waals surface area contributed by atoms with Crippen LogP contribution < -0.4 is 14.8 Å². The Morgan fingerprint density at radius 3 is 2.63 bits per heavy atom. The third kappa shape index (κ3) is 4.30. The van der Waals surface area contributed by atoms with E-state index in [1.165, 1.54) is 6.42 Å². The number of piperidine rings is 1. The fraction of sp³-hybridized carbons (Fsp3) is 0.450. The first kappa shape index (κ1) is 18.9. The molecule has 1 fully saturated rings. The lowest BCUT2D eigenvalue weighted by molar-refractivity contribution is 0.0601. The van der Waals surface area contributed by atoms with Crippen LogP contribution in [-0.2, 0) is 0 Å². The number of anilines is 2. The van der Waals surface area contributed by atoms with Crippen molar-refractivity contribution < 1.29 is 14.3 Å². The molecule has 0 radical (unpaired) electrons. The molecule has 2 aromatic rings. The van der Waals surface area contributed by atoms with Crippen molar-refractivity contribution in [3.63, 3.8) is 0 Å². The number of aromatic nitrogens is 2. The van der Waals surface area contributed by atoms with Crippen LogP contribution in [0.3, 0.4) is 0 Å². The number of carbonyl (C=O) groups is 1. The van der Waals surface area contributed by atoms with Crippen LogP contribution in [0.4, 0.5) is 11.5 Å². The van der Waals surface area contributed by atoms with E-state index in [-0.39, 0.29) is 5.91 Å². The highest BCUT2D eigenvalue weighted by Crippen LogP contribution is 2.30. The highest BCUT2D eigenvalue weighted by Gasteiger charge is 2.27. The van der Waals surface area contributed by atoms with Crippen LogP contribution in [0.5, 0.6) is 11.5 Å². The normalized spacial score (nSPS) is 16.7. The fourth-order valence-corrected chi connectivity index (χ4v) is 3.41. The molecule has 2 heterocycles. The molecular formula is C20H26N4O3. The highest BCUT2D eigenvalue weighted by atomic mass is 16.5. The number of amides is 1. The van der Waals surface area contributed by atoms with Crippen molar-refractivity contribution in [1.29, 1.82) is 0 Å². The van der Waals surface area contributed by atoms with Gasteiger partial charge in [0.25, 0.3) is 5.91 Å². The van der Waals surface area contributed by atoms with Crippen LogP contribution >= 0.6 is 0 Å². The number of nitrogens with one attached hydrogen (secondary N) is 1. The largest absolute Gasteiger partial charge is 0.493 e. The standard InChI is InChI=1S/C20H26N4O3/c1-4-15-7-5-6-12-24(15)20(25)16-9-11-19(23-22-16)21-14-8-10-17(26-2)18(13-14)27-3/h8-11,13,15H,4-7,12H2,1-3H3,(H,21,23). The number of rotatable bonds is 6. The zero-order valence-electron chi connectivity index (χ0n) is 16.1. The summed E-state index contributed by atoms with van der Waals surface area (Å²) in [7, 11) is 3.18. The lowest BCUT2D eigenvalue weighted by atomic mass is 9.99. The summed E-state index contributed by atoms with van der Waals surface area (Å²) in [5, 5.41) is 11.5. The number of likely N-dealkylation sites (tertiary alicyclic amines) is 1.